The van der Waals surface area contributed by atoms with Crippen molar-refractivity contribution in [1.29, 1.82) is 5.26 Å². The van der Waals surface area contributed by atoms with Crippen LogP contribution in [0, 0.1) is 25.2 Å². The van der Waals surface area contributed by atoms with Crippen LogP contribution in [0.5, 0.6) is 5.75 Å². The van der Waals surface area contributed by atoms with E-state index in [1.54, 1.807) is 7.11 Å². The van der Waals surface area contributed by atoms with Crippen molar-refractivity contribution < 1.29 is 9.53 Å². The molecule has 8 heteroatoms. The third-order valence-electron chi connectivity index (χ3n) is 7.78. The molecule has 8 nitrogen and oxygen atoms in total. The van der Waals surface area contributed by atoms with E-state index in [1.165, 1.54) is 0 Å². The third kappa shape index (κ3) is 4.78. The number of aromatic nitrogens is 2. The molecule has 2 aliphatic heterocycles. The van der Waals surface area contributed by atoms with Gasteiger partial charge in [-0.1, -0.05) is 12.1 Å². The summed E-state index contributed by atoms with van der Waals surface area (Å²) in [5.74, 6) is 2.53. The number of anilines is 2. The van der Waals surface area contributed by atoms with Gasteiger partial charge in [-0.25, -0.2) is 9.97 Å². The van der Waals surface area contributed by atoms with Gasteiger partial charge in [0.2, 0.25) is 5.91 Å². The molecular formula is C29H34N6O2. The number of nitriles is 1. The summed E-state index contributed by atoms with van der Waals surface area (Å²) >= 11 is 0. The fourth-order valence-corrected chi connectivity index (χ4v) is 5.78. The van der Waals surface area contributed by atoms with Crippen molar-refractivity contribution >= 4 is 28.3 Å². The van der Waals surface area contributed by atoms with Gasteiger partial charge in [0.15, 0.2) is 0 Å². The van der Waals surface area contributed by atoms with Crippen LogP contribution in [0.3, 0.4) is 0 Å². The Morgan fingerprint density at radius 3 is 2.62 bits per heavy atom. The summed E-state index contributed by atoms with van der Waals surface area (Å²) in [5.41, 5.74) is 4.56. The van der Waals surface area contributed by atoms with Crippen LogP contribution in [0.1, 0.15) is 61.2 Å². The highest BCUT2D eigenvalue weighted by Crippen LogP contribution is 2.38. The van der Waals surface area contributed by atoms with Crippen molar-refractivity contribution in [3.05, 3.63) is 52.8 Å². The van der Waals surface area contributed by atoms with Crippen LogP contribution in [0.15, 0.2) is 30.3 Å². The van der Waals surface area contributed by atoms with E-state index in [0.29, 0.717) is 29.8 Å². The lowest BCUT2D eigenvalue weighted by Crippen LogP contribution is -2.45. The highest BCUT2D eigenvalue weighted by Gasteiger charge is 2.31. The Morgan fingerprint density at radius 1 is 1.16 bits per heavy atom. The molecule has 1 atom stereocenters. The molecule has 5 rings (SSSR count). The Hall–Kier alpha value is -3.86. The van der Waals surface area contributed by atoms with E-state index >= 15 is 0 Å². The first-order valence-corrected chi connectivity index (χ1v) is 13.1. The predicted molar refractivity (Wildman–Crippen MR) is 145 cm³/mol. The minimum absolute atomic E-state index is 0.0508. The second-order valence-corrected chi connectivity index (χ2v) is 10.1. The van der Waals surface area contributed by atoms with E-state index in [4.69, 9.17) is 14.7 Å². The largest absolute Gasteiger partial charge is 0.495 e. The highest BCUT2D eigenvalue weighted by molar-refractivity contribution is 5.94. The molecule has 0 spiro atoms. The maximum Gasteiger partial charge on any atom is 0.222 e. The molecular weight excluding hydrogens is 464 g/mol. The van der Waals surface area contributed by atoms with Gasteiger partial charge < -0.3 is 19.9 Å². The first-order valence-electron chi connectivity index (χ1n) is 13.1. The molecule has 3 aromatic rings. The summed E-state index contributed by atoms with van der Waals surface area (Å²) in [6, 6.07) is 12.5. The minimum Gasteiger partial charge on any atom is -0.495 e. The number of hydrogen-bond acceptors (Lipinski definition) is 7. The molecule has 0 radical (unpaired) electrons. The number of nitrogens with zero attached hydrogens (tertiary/aromatic N) is 5. The van der Waals surface area contributed by atoms with E-state index in [2.05, 4.69) is 34.2 Å². The number of nitrogens with one attached hydrogen (secondary N) is 1. The summed E-state index contributed by atoms with van der Waals surface area (Å²) in [4.78, 5) is 26.1. The summed E-state index contributed by atoms with van der Waals surface area (Å²) in [7, 11) is 1.69. The van der Waals surface area contributed by atoms with Crippen molar-refractivity contribution in [2.75, 3.05) is 37.0 Å². The van der Waals surface area contributed by atoms with Crippen molar-refractivity contribution in [2.45, 2.75) is 58.5 Å². The Morgan fingerprint density at radius 2 is 1.95 bits per heavy atom. The minimum atomic E-state index is -0.0508. The summed E-state index contributed by atoms with van der Waals surface area (Å²) in [5, 5.41) is 14.0. The zero-order chi connectivity index (χ0) is 26.1. The molecule has 192 valence electrons. The van der Waals surface area contributed by atoms with Crippen molar-refractivity contribution in [3.8, 4) is 11.8 Å². The SMILES string of the molecule is COc1cc2nc(C)nc(N[C@H](C)c3cccc(C#N)c3C)c2cc1N1CCC(N2CCCC2=O)CC1. The van der Waals surface area contributed by atoms with Gasteiger partial charge >= 0.3 is 0 Å². The maximum absolute atomic E-state index is 12.2. The number of ether oxygens (including phenoxy) is 1. The van der Waals surface area contributed by atoms with Crippen molar-refractivity contribution in [2.24, 2.45) is 0 Å². The molecule has 1 aromatic heterocycles. The first kappa shape index (κ1) is 24.8. The van der Waals surface area contributed by atoms with Crippen LogP contribution in [0.4, 0.5) is 11.5 Å². The van der Waals surface area contributed by atoms with Crippen molar-refractivity contribution in [1.82, 2.24) is 14.9 Å². The zero-order valence-corrected chi connectivity index (χ0v) is 22.0. The second kappa shape index (κ2) is 10.3. The van der Waals surface area contributed by atoms with Gasteiger partial charge in [0, 0.05) is 43.5 Å². The first-order chi connectivity index (χ1) is 17.9. The lowest BCUT2D eigenvalue weighted by Gasteiger charge is -2.38. The number of carbonyl (C=O) groups is 1. The van der Waals surface area contributed by atoms with Crippen LogP contribution >= 0.6 is 0 Å². The van der Waals surface area contributed by atoms with Crippen LogP contribution in [0.2, 0.25) is 0 Å². The Labute approximate surface area is 218 Å². The van der Waals surface area contributed by atoms with Gasteiger partial charge in [0.25, 0.3) is 0 Å². The van der Waals surface area contributed by atoms with Crippen molar-refractivity contribution in [3.63, 3.8) is 0 Å². The Bertz CT molecular complexity index is 1370. The number of rotatable bonds is 6. The molecule has 3 heterocycles. The average molecular weight is 499 g/mol. The Kier molecular flexibility index (Phi) is 6.88. The molecule has 2 aromatic carbocycles. The predicted octanol–water partition coefficient (Wildman–Crippen LogP) is 4.89. The third-order valence-corrected chi connectivity index (χ3v) is 7.78. The number of hydrogen-bond donors (Lipinski definition) is 1. The second-order valence-electron chi connectivity index (χ2n) is 10.1. The van der Waals surface area contributed by atoms with E-state index in [0.717, 1.165) is 78.2 Å². The zero-order valence-electron chi connectivity index (χ0n) is 22.0. The summed E-state index contributed by atoms with van der Waals surface area (Å²) < 4.78 is 5.80. The van der Waals surface area contributed by atoms with E-state index in [1.807, 2.05) is 38.1 Å². The average Bonchev–Trinajstić information content (AvgIpc) is 3.33. The molecule has 2 aliphatic rings. The molecule has 2 fully saturated rings. The molecule has 0 saturated carbocycles. The lowest BCUT2D eigenvalue weighted by atomic mass is 9.98. The van der Waals surface area contributed by atoms with Crippen LogP contribution in [0.25, 0.3) is 10.9 Å². The number of fused-ring (bicyclic) bond motifs is 1. The molecule has 1 amide bonds. The number of methoxy groups -OCH3 is 1. The topological polar surface area (TPSA) is 94.4 Å². The van der Waals surface area contributed by atoms with Gasteiger partial charge in [-0.3, -0.25) is 4.79 Å². The highest BCUT2D eigenvalue weighted by atomic mass is 16.5. The number of aryl methyl sites for hydroxylation is 1. The number of piperidine rings is 1. The van der Waals surface area contributed by atoms with Crippen LogP contribution in [-0.4, -0.2) is 53.6 Å². The molecule has 0 unspecified atom stereocenters. The summed E-state index contributed by atoms with van der Waals surface area (Å²) in [6.45, 7) is 8.58. The monoisotopic (exact) mass is 498 g/mol. The fraction of sp³-hybridized carbons (Fsp3) is 0.448. The molecule has 2 saturated heterocycles. The molecule has 37 heavy (non-hydrogen) atoms. The number of likely N-dealkylation sites (tertiary alicyclic amines) is 1. The quantitative estimate of drug-likeness (QED) is 0.517. The number of benzene rings is 2. The van der Waals surface area contributed by atoms with Crippen LogP contribution < -0.4 is 15.0 Å². The van der Waals surface area contributed by atoms with E-state index in [9.17, 15) is 10.1 Å². The molecule has 1 N–H and O–H groups in total. The van der Waals surface area contributed by atoms with Gasteiger partial charge in [-0.15, -0.1) is 0 Å². The van der Waals surface area contributed by atoms with Gasteiger partial charge in [-0.2, -0.15) is 5.26 Å². The van der Waals surface area contributed by atoms with Gasteiger partial charge in [-0.05, 0) is 63.3 Å². The smallest absolute Gasteiger partial charge is 0.222 e. The van der Waals surface area contributed by atoms with E-state index in [-0.39, 0.29) is 6.04 Å². The Balaban J connectivity index is 1.45. The molecule has 0 aliphatic carbocycles. The maximum atomic E-state index is 12.2. The number of amides is 1. The van der Waals surface area contributed by atoms with Gasteiger partial charge in [0.05, 0.1) is 36.0 Å². The van der Waals surface area contributed by atoms with Gasteiger partial charge in [0.1, 0.15) is 17.4 Å². The summed E-state index contributed by atoms with van der Waals surface area (Å²) in [6.07, 6.45) is 3.57. The van der Waals surface area contributed by atoms with Crippen LogP contribution in [-0.2, 0) is 4.79 Å². The normalized spacial score (nSPS) is 17.2. The molecule has 0 bridgehead atoms. The number of carbonyl (C=O) groups excluding carboxylic acids is 1. The lowest BCUT2D eigenvalue weighted by molar-refractivity contribution is -0.130. The standard InChI is InChI=1S/C29H34N6O2/c1-18-21(17-30)7-5-8-23(18)19(2)31-29-24-15-26(27(37-4)16-25(24)32-20(3)33-29)34-13-10-22(11-14-34)35-12-6-9-28(35)36/h5,7-8,15-16,19,22H,6,9-14H2,1-4H3,(H,31,32,33)/t19-/m1/s1. The fourth-order valence-electron chi connectivity index (χ4n) is 5.78. The van der Waals surface area contributed by atoms with E-state index < -0.39 is 0 Å².